The first-order valence-corrected chi connectivity index (χ1v) is 24.4. The molecule has 6 aliphatic rings. The lowest BCUT2D eigenvalue weighted by molar-refractivity contribution is -0.187. The van der Waals surface area contributed by atoms with E-state index in [4.69, 9.17) is 14.2 Å². The summed E-state index contributed by atoms with van der Waals surface area (Å²) >= 11 is 0. The lowest BCUT2D eigenvalue weighted by Crippen LogP contribution is -2.27. The van der Waals surface area contributed by atoms with E-state index in [2.05, 4.69) is 114 Å². The van der Waals surface area contributed by atoms with E-state index in [-0.39, 0.29) is 26.8 Å². The van der Waals surface area contributed by atoms with Crippen LogP contribution in [0.3, 0.4) is 0 Å². The minimum absolute atomic E-state index is 0. The molecule has 7 rings (SSSR count). The zero-order chi connectivity index (χ0) is 41.9. The third-order valence-corrected chi connectivity index (χ3v) is 13.4. The summed E-state index contributed by atoms with van der Waals surface area (Å²) in [6, 6.07) is 8.48. The predicted octanol–water partition coefficient (Wildman–Crippen LogP) is 16.9. The second-order valence-electron chi connectivity index (χ2n) is 20.8. The molecule has 3 radical (unpaired) electrons. The van der Waals surface area contributed by atoms with Gasteiger partial charge in [-0.05, 0) is 93.8 Å². The van der Waals surface area contributed by atoms with Crippen molar-refractivity contribution in [2.75, 3.05) is 19.8 Å². The van der Waals surface area contributed by atoms with Gasteiger partial charge in [0.2, 0.25) is 0 Å². The highest BCUT2D eigenvalue weighted by Gasteiger charge is 2.17. The van der Waals surface area contributed by atoms with Gasteiger partial charge in [-0.25, -0.2) is 0 Å². The van der Waals surface area contributed by atoms with Crippen molar-refractivity contribution in [2.45, 2.75) is 232 Å². The van der Waals surface area contributed by atoms with E-state index < -0.39 is 0 Å². The Morgan fingerprint density at radius 1 is 0.322 bits per heavy atom. The van der Waals surface area contributed by atoms with Crippen molar-refractivity contribution in [2.24, 2.45) is 59.2 Å². The fourth-order valence-electron chi connectivity index (χ4n) is 8.05. The van der Waals surface area contributed by atoms with Gasteiger partial charge < -0.3 is 14.2 Å². The number of hydrogen-bond donors (Lipinski definition) is 0. The zero-order valence-corrected chi connectivity index (χ0v) is 41.3. The van der Waals surface area contributed by atoms with Gasteiger partial charge in [0, 0.05) is 20.9 Å². The van der Waals surface area contributed by atoms with Crippen LogP contribution in [0.15, 0.2) is 24.3 Å². The molecule has 0 N–H and O–H groups in total. The quantitative estimate of drug-likeness (QED) is 0.244. The van der Waals surface area contributed by atoms with E-state index >= 15 is 0 Å². The molecule has 0 aromatic heterocycles. The summed E-state index contributed by atoms with van der Waals surface area (Å²) in [5, 5.41) is 0. The fraction of sp³-hybridized carbons (Fsp3) is 0.889. The second-order valence-corrected chi connectivity index (χ2v) is 20.8. The summed E-state index contributed by atoms with van der Waals surface area (Å²) in [6.45, 7) is 34.2. The monoisotopic (exact) mass is 832 g/mol. The molecule has 3 nitrogen and oxygen atoms in total. The number of ether oxygens (including phenoxy) is 3. The third kappa shape index (κ3) is 36.3. The summed E-state index contributed by atoms with van der Waals surface area (Å²) in [4.78, 5) is 0. The number of hydrogen-bond acceptors (Lipinski definition) is 3. The van der Waals surface area contributed by atoms with E-state index in [1.807, 2.05) is 6.92 Å². The van der Waals surface area contributed by atoms with E-state index in [0.29, 0.717) is 12.0 Å². The third-order valence-electron chi connectivity index (χ3n) is 13.4. The van der Waals surface area contributed by atoms with Crippen molar-refractivity contribution in [3.8, 4) is 0 Å². The van der Waals surface area contributed by atoms with Crippen LogP contribution in [0.5, 0.6) is 0 Å². The zero-order valence-electron chi connectivity index (χ0n) is 41.3. The molecule has 2 atom stereocenters. The van der Waals surface area contributed by atoms with Gasteiger partial charge in [-0.2, -0.15) is 0 Å². The molecule has 2 aliphatic heterocycles. The van der Waals surface area contributed by atoms with Crippen molar-refractivity contribution in [3.63, 3.8) is 0 Å². The Balaban J connectivity index is -0.000000615. The largest absolute Gasteiger partial charge is 0.378 e. The average Bonchev–Trinajstić information content (AvgIpc) is 3.18. The molecular weight excluding hydrogens is 726 g/mol. The van der Waals surface area contributed by atoms with Gasteiger partial charge in [-0.15, -0.1) is 0 Å². The van der Waals surface area contributed by atoms with E-state index in [1.165, 1.54) is 127 Å². The minimum Gasteiger partial charge on any atom is -0.378 e. The van der Waals surface area contributed by atoms with Gasteiger partial charge in [-0.1, -0.05) is 215 Å². The van der Waals surface area contributed by atoms with Gasteiger partial charge in [-0.3, -0.25) is 4.70 Å². The van der Waals surface area contributed by atoms with Crippen molar-refractivity contribution in [1.82, 2.24) is 0 Å². The molecule has 1 aromatic rings. The minimum atomic E-state index is 0. The molecule has 5 heteroatoms. The van der Waals surface area contributed by atoms with Crippen LogP contribution < -0.4 is 0 Å². The van der Waals surface area contributed by atoms with Crippen molar-refractivity contribution in [1.29, 1.82) is 0 Å². The van der Waals surface area contributed by atoms with E-state index in [0.717, 1.165) is 73.1 Å². The van der Waals surface area contributed by atoms with Gasteiger partial charge in [0.25, 0.3) is 0 Å². The summed E-state index contributed by atoms with van der Waals surface area (Å²) in [7, 11) is 0. The molecule has 2 heterocycles. The number of benzene rings is 1. The van der Waals surface area contributed by atoms with Crippen molar-refractivity contribution in [3.05, 3.63) is 35.4 Å². The molecule has 0 bridgehead atoms. The number of aryl methyl sites for hydroxylation is 2. The maximum atomic E-state index is 5.39. The Morgan fingerprint density at radius 3 is 0.695 bits per heavy atom. The van der Waals surface area contributed by atoms with Crippen molar-refractivity contribution < 1.29 is 18.9 Å². The maximum Gasteiger partial charge on any atom is 0.154 e. The molecule has 2 saturated heterocycles. The number of rotatable bonds is 0. The van der Waals surface area contributed by atoms with Crippen LogP contribution >= 0.6 is 0 Å². The standard InChI is InChI=1S/4C8H16.C8H10.C7H14O.C6H12O2.CH4.B.FH/c5*1-7-3-5-8(2)6-4-7;1-6-3-4-7(2)8-5-6;1-5-3-7-6(2)8-4-5;;;/h4*7-8H,3-6H2,1-2H3;3-6H,1-2H3;6-7H,3-5H2,1-2H3;5-6H,3-4H2,1-2H3;1H4;;1H. The van der Waals surface area contributed by atoms with E-state index in [1.54, 1.807) is 0 Å². The van der Waals surface area contributed by atoms with Gasteiger partial charge in [0.15, 0.2) is 6.29 Å². The van der Waals surface area contributed by atoms with E-state index in [9.17, 15) is 0 Å². The Bertz CT molecular complexity index is 753. The van der Waals surface area contributed by atoms with Crippen LogP contribution in [0.1, 0.15) is 217 Å². The highest BCUT2D eigenvalue weighted by atomic mass is 19.0. The van der Waals surface area contributed by atoms with Gasteiger partial charge in [0.05, 0.1) is 19.3 Å². The van der Waals surface area contributed by atoms with Gasteiger partial charge >= 0.3 is 0 Å². The molecule has 0 spiro atoms. The number of halogens is 1. The smallest absolute Gasteiger partial charge is 0.154 e. The van der Waals surface area contributed by atoms with Crippen LogP contribution in [0.4, 0.5) is 4.70 Å². The Labute approximate surface area is 372 Å². The lowest BCUT2D eigenvalue weighted by atomic mass is 9.84. The highest BCUT2D eigenvalue weighted by molar-refractivity contribution is 5.75. The molecule has 59 heavy (non-hydrogen) atoms. The molecule has 2 unspecified atom stereocenters. The summed E-state index contributed by atoms with van der Waals surface area (Å²) in [5.74, 6) is 9.53. The second kappa shape index (κ2) is 37.6. The van der Waals surface area contributed by atoms with Crippen LogP contribution in [0, 0.1) is 73.0 Å². The topological polar surface area (TPSA) is 27.7 Å². The van der Waals surface area contributed by atoms with Gasteiger partial charge in [0.1, 0.15) is 0 Å². The normalized spacial score (nSPS) is 33.6. The molecule has 349 valence electrons. The first kappa shape index (κ1) is 62.4. The first-order valence-electron chi connectivity index (χ1n) is 24.4. The first-order chi connectivity index (χ1) is 26.5. The molecule has 4 aliphatic carbocycles. The average molecular weight is 832 g/mol. The lowest BCUT2D eigenvalue weighted by Gasteiger charge is -2.24. The predicted molar refractivity (Wildman–Crippen MR) is 262 cm³/mol. The molecule has 4 saturated carbocycles. The molecule has 6 fully saturated rings. The van der Waals surface area contributed by atoms with Crippen LogP contribution in [0.25, 0.3) is 0 Å². The SMILES string of the molecule is C.CC1CCC(C)CC1.CC1CCC(C)CC1.CC1CCC(C)CC1.CC1CCC(C)CC1.CC1CCC(C)OC1.CC1COC(C)OC1.Cc1ccc(C)cc1.F.[B]. The Hall–Kier alpha value is -0.905. The Kier molecular flexibility index (Phi) is 39.8. The fourth-order valence-corrected chi connectivity index (χ4v) is 8.05. The molecule has 1 aromatic carbocycles. The molecular formula is C54H105BFO3. The van der Waals surface area contributed by atoms with Crippen molar-refractivity contribution >= 4 is 8.41 Å². The maximum absolute atomic E-state index is 5.39. The van der Waals surface area contributed by atoms with Crippen LogP contribution in [-0.2, 0) is 14.2 Å². The highest BCUT2D eigenvalue weighted by Crippen LogP contribution is 2.29. The van der Waals surface area contributed by atoms with Crippen LogP contribution in [0.2, 0.25) is 0 Å². The molecule has 0 amide bonds. The Morgan fingerprint density at radius 2 is 0.525 bits per heavy atom. The summed E-state index contributed by atoms with van der Waals surface area (Å²) in [5.41, 5.74) is 2.66. The summed E-state index contributed by atoms with van der Waals surface area (Å²) < 4.78 is 15.7. The summed E-state index contributed by atoms with van der Waals surface area (Å²) in [6.07, 6.45) is 26.7. The van der Waals surface area contributed by atoms with Crippen LogP contribution in [-0.4, -0.2) is 40.6 Å².